The fourth-order valence-electron chi connectivity index (χ4n) is 1.82. The fraction of sp³-hybridized carbons (Fsp3) is 0.818. The molecule has 17 heavy (non-hydrogen) atoms. The van der Waals surface area contributed by atoms with Crippen LogP contribution in [0.25, 0.3) is 0 Å². The predicted octanol–water partition coefficient (Wildman–Crippen LogP) is 0.230. The Bertz CT molecular complexity index is 283. The first-order chi connectivity index (χ1) is 7.99. The molecule has 4 N–H and O–H groups in total. The Labute approximate surface area is 101 Å². The number of rotatable bonds is 5. The number of nitrogens with two attached hydrogens (primary N) is 1. The van der Waals surface area contributed by atoms with E-state index in [4.69, 9.17) is 10.8 Å². The average Bonchev–Trinajstić information content (AvgIpc) is 2.70. The van der Waals surface area contributed by atoms with E-state index in [-0.39, 0.29) is 24.4 Å². The lowest BCUT2D eigenvalue weighted by Gasteiger charge is -2.18. The van der Waals surface area contributed by atoms with Crippen LogP contribution in [0.3, 0.4) is 0 Å². The maximum atomic E-state index is 11.7. The van der Waals surface area contributed by atoms with Gasteiger partial charge in [-0.1, -0.05) is 6.92 Å². The van der Waals surface area contributed by atoms with Gasteiger partial charge in [-0.2, -0.15) is 0 Å². The van der Waals surface area contributed by atoms with E-state index in [1.807, 2.05) is 6.92 Å². The van der Waals surface area contributed by atoms with Crippen LogP contribution >= 0.6 is 0 Å². The molecule has 1 rings (SSSR count). The number of carboxylic acid groups (broad SMARTS) is 1. The van der Waals surface area contributed by atoms with Gasteiger partial charge in [-0.3, -0.25) is 4.79 Å². The molecule has 0 spiro atoms. The van der Waals surface area contributed by atoms with Gasteiger partial charge in [-0.25, -0.2) is 4.79 Å². The van der Waals surface area contributed by atoms with Crippen LogP contribution in [-0.4, -0.2) is 47.7 Å². The van der Waals surface area contributed by atoms with Crippen molar-refractivity contribution in [3.63, 3.8) is 0 Å². The van der Waals surface area contributed by atoms with Crippen molar-refractivity contribution < 1.29 is 14.7 Å². The van der Waals surface area contributed by atoms with Crippen LogP contribution in [0.1, 0.15) is 26.2 Å². The molecule has 0 aromatic carbocycles. The van der Waals surface area contributed by atoms with E-state index >= 15 is 0 Å². The Kier molecular flexibility index (Phi) is 5.21. The summed E-state index contributed by atoms with van der Waals surface area (Å²) in [5, 5.41) is 11.3. The van der Waals surface area contributed by atoms with Crippen LogP contribution in [0.2, 0.25) is 0 Å². The topological polar surface area (TPSA) is 95.7 Å². The van der Waals surface area contributed by atoms with Gasteiger partial charge in [-0.05, 0) is 18.8 Å². The molecule has 6 nitrogen and oxygen atoms in total. The molecule has 0 aromatic heterocycles. The molecule has 2 unspecified atom stereocenters. The second kappa shape index (κ2) is 6.44. The summed E-state index contributed by atoms with van der Waals surface area (Å²) < 4.78 is 0. The molecule has 1 heterocycles. The van der Waals surface area contributed by atoms with Gasteiger partial charge in [-0.15, -0.1) is 0 Å². The van der Waals surface area contributed by atoms with E-state index in [1.165, 1.54) is 0 Å². The maximum absolute atomic E-state index is 11.7. The predicted molar refractivity (Wildman–Crippen MR) is 63.6 cm³/mol. The SMILES string of the molecule is CC(CCC(=O)O)CNC(=O)N1CCC(N)C1. The van der Waals surface area contributed by atoms with Crippen molar-refractivity contribution in [2.75, 3.05) is 19.6 Å². The number of amides is 2. The number of hydrogen-bond acceptors (Lipinski definition) is 3. The molecule has 0 aromatic rings. The normalized spacial score (nSPS) is 21.3. The average molecular weight is 243 g/mol. The van der Waals surface area contributed by atoms with Crippen molar-refractivity contribution in [3.8, 4) is 0 Å². The van der Waals surface area contributed by atoms with Crippen molar-refractivity contribution >= 4 is 12.0 Å². The molecule has 0 radical (unpaired) electrons. The number of nitrogens with one attached hydrogen (secondary N) is 1. The van der Waals surface area contributed by atoms with Gasteiger partial charge in [0.2, 0.25) is 0 Å². The van der Waals surface area contributed by atoms with Crippen molar-refractivity contribution in [3.05, 3.63) is 0 Å². The minimum Gasteiger partial charge on any atom is -0.481 e. The zero-order valence-corrected chi connectivity index (χ0v) is 10.2. The molecule has 1 aliphatic rings. The Morgan fingerprint density at radius 3 is 2.82 bits per heavy atom. The molecule has 98 valence electrons. The quantitative estimate of drug-likeness (QED) is 0.644. The van der Waals surface area contributed by atoms with E-state index in [0.29, 0.717) is 26.1 Å². The Hall–Kier alpha value is -1.30. The minimum absolute atomic E-state index is 0.0881. The number of carbonyl (C=O) groups is 2. The molecular weight excluding hydrogens is 222 g/mol. The van der Waals surface area contributed by atoms with Crippen molar-refractivity contribution in [1.29, 1.82) is 0 Å². The van der Waals surface area contributed by atoms with Gasteiger partial charge in [0.05, 0.1) is 0 Å². The van der Waals surface area contributed by atoms with E-state index < -0.39 is 5.97 Å². The van der Waals surface area contributed by atoms with Gasteiger partial charge in [0.15, 0.2) is 0 Å². The van der Waals surface area contributed by atoms with Crippen LogP contribution in [0, 0.1) is 5.92 Å². The van der Waals surface area contributed by atoms with Crippen molar-refractivity contribution in [2.45, 2.75) is 32.2 Å². The number of likely N-dealkylation sites (tertiary alicyclic amines) is 1. The van der Waals surface area contributed by atoms with E-state index in [0.717, 1.165) is 6.42 Å². The molecular formula is C11H21N3O3. The summed E-state index contributed by atoms with van der Waals surface area (Å²) in [6.07, 6.45) is 1.57. The van der Waals surface area contributed by atoms with Crippen molar-refractivity contribution in [1.82, 2.24) is 10.2 Å². The van der Waals surface area contributed by atoms with Gasteiger partial charge in [0, 0.05) is 32.1 Å². The lowest BCUT2D eigenvalue weighted by Crippen LogP contribution is -2.41. The highest BCUT2D eigenvalue weighted by Gasteiger charge is 2.23. The van der Waals surface area contributed by atoms with Gasteiger partial charge >= 0.3 is 12.0 Å². The highest BCUT2D eigenvalue weighted by molar-refractivity contribution is 5.74. The summed E-state index contributed by atoms with van der Waals surface area (Å²) in [5.41, 5.74) is 5.71. The molecule has 1 fully saturated rings. The van der Waals surface area contributed by atoms with Crippen LogP contribution in [0.5, 0.6) is 0 Å². The molecule has 1 aliphatic heterocycles. The zero-order chi connectivity index (χ0) is 12.8. The second-order valence-electron chi connectivity index (χ2n) is 4.72. The number of hydrogen-bond donors (Lipinski definition) is 3. The minimum atomic E-state index is -0.798. The third kappa shape index (κ3) is 5.04. The molecule has 2 amide bonds. The smallest absolute Gasteiger partial charge is 0.317 e. The monoisotopic (exact) mass is 243 g/mol. The molecule has 0 bridgehead atoms. The van der Waals surface area contributed by atoms with Gasteiger partial charge in [0.1, 0.15) is 0 Å². The number of carbonyl (C=O) groups excluding carboxylic acids is 1. The highest BCUT2D eigenvalue weighted by atomic mass is 16.4. The summed E-state index contributed by atoms with van der Waals surface area (Å²) in [6, 6.07) is -0.00897. The van der Waals surface area contributed by atoms with Gasteiger partial charge in [0.25, 0.3) is 0 Å². The first-order valence-electron chi connectivity index (χ1n) is 5.99. The molecule has 0 saturated carbocycles. The zero-order valence-electron chi connectivity index (χ0n) is 10.2. The molecule has 6 heteroatoms. The summed E-state index contributed by atoms with van der Waals surface area (Å²) in [7, 11) is 0. The van der Waals surface area contributed by atoms with E-state index in [2.05, 4.69) is 5.32 Å². The largest absolute Gasteiger partial charge is 0.481 e. The number of urea groups is 1. The molecule has 1 saturated heterocycles. The number of nitrogens with zero attached hydrogens (tertiary/aromatic N) is 1. The Balaban J connectivity index is 2.17. The van der Waals surface area contributed by atoms with Crippen LogP contribution in [0.4, 0.5) is 4.79 Å². The third-order valence-corrected chi connectivity index (χ3v) is 2.96. The number of carboxylic acids is 1. The van der Waals surface area contributed by atoms with Crippen molar-refractivity contribution in [2.24, 2.45) is 11.7 Å². The van der Waals surface area contributed by atoms with E-state index in [1.54, 1.807) is 4.90 Å². The fourth-order valence-corrected chi connectivity index (χ4v) is 1.82. The lowest BCUT2D eigenvalue weighted by atomic mass is 10.1. The first kappa shape index (κ1) is 13.8. The van der Waals surface area contributed by atoms with Crippen LogP contribution < -0.4 is 11.1 Å². The summed E-state index contributed by atoms with van der Waals surface area (Å²) >= 11 is 0. The third-order valence-electron chi connectivity index (χ3n) is 2.96. The molecule has 0 aliphatic carbocycles. The standard InChI is InChI=1S/C11H21N3O3/c1-8(2-3-10(15)16)6-13-11(17)14-5-4-9(12)7-14/h8-9H,2-7,12H2,1H3,(H,13,17)(H,15,16). The lowest BCUT2D eigenvalue weighted by molar-refractivity contribution is -0.137. The van der Waals surface area contributed by atoms with Gasteiger partial charge < -0.3 is 21.1 Å². The molecule has 2 atom stereocenters. The second-order valence-corrected chi connectivity index (χ2v) is 4.72. The van der Waals surface area contributed by atoms with Crippen LogP contribution in [0.15, 0.2) is 0 Å². The van der Waals surface area contributed by atoms with E-state index in [9.17, 15) is 9.59 Å². The summed E-state index contributed by atoms with van der Waals surface area (Å²) in [6.45, 7) is 3.75. The first-order valence-corrected chi connectivity index (χ1v) is 5.99. The Morgan fingerprint density at radius 1 is 1.59 bits per heavy atom. The highest BCUT2D eigenvalue weighted by Crippen LogP contribution is 2.08. The van der Waals surface area contributed by atoms with Crippen LogP contribution in [-0.2, 0) is 4.79 Å². The number of aliphatic carboxylic acids is 1. The Morgan fingerprint density at radius 2 is 2.29 bits per heavy atom. The summed E-state index contributed by atoms with van der Waals surface area (Å²) in [5.74, 6) is -0.625. The maximum Gasteiger partial charge on any atom is 0.317 e. The summed E-state index contributed by atoms with van der Waals surface area (Å²) in [4.78, 5) is 23.8.